The van der Waals surface area contributed by atoms with Crippen molar-refractivity contribution >= 4 is 28.7 Å². The van der Waals surface area contributed by atoms with Crippen LogP contribution in [0.4, 0.5) is 5.69 Å². The second-order valence-corrected chi connectivity index (χ2v) is 5.06. The highest BCUT2D eigenvalue weighted by atomic mass is 32.1. The van der Waals surface area contributed by atoms with Crippen LogP contribution >= 0.6 is 11.3 Å². The average Bonchev–Trinajstić information content (AvgIpc) is 3.05. The molecule has 0 unspecified atom stereocenters. The van der Waals surface area contributed by atoms with Crippen LogP contribution in [0.1, 0.15) is 46.5 Å². The van der Waals surface area contributed by atoms with E-state index in [2.05, 4.69) is 10.3 Å². The van der Waals surface area contributed by atoms with Gasteiger partial charge >= 0.3 is 0 Å². The number of thiazole rings is 1. The SMILES string of the molecule is CC.COc1ccc(C(C)=O)c(NC(=O)c2nccs2)c1C. The fraction of sp³-hybridized carbons (Fsp3) is 0.312. The van der Waals surface area contributed by atoms with E-state index >= 15 is 0 Å². The Balaban J connectivity index is 0.00000116. The Morgan fingerprint density at radius 3 is 2.45 bits per heavy atom. The minimum absolute atomic E-state index is 0.120. The maximum absolute atomic E-state index is 12.1. The first kappa shape index (κ1) is 17.8. The molecule has 0 saturated carbocycles. The minimum Gasteiger partial charge on any atom is -0.496 e. The highest BCUT2D eigenvalue weighted by Gasteiger charge is 2.17. The molecule has 0 bridgehead atoms. The lowest BCUT2D eigenvalue weighted by Gasteiger charge is -2.14. The molecule has 118 valence electrons. The minimum atomic E-state index is -0.334. The fourth-order valence-electron chi connectivity index (χ4n) is 1.87. The Hall–Kier alpha value is -2.21. The maximum Gasteiger partial charge on any atom is 0.284 e. The number of carbonyl (C=O) groups excluding carboxylic acids is 2. The zero-order chi connectivity index (χ0) is 16.7. The summed E-state index contributed by atoms with van der Waals surface area (Å²) < 4.78 is 5.22. The molecule has 0 atom stereocenters. The van der Waals surface area contributed by atoms with Crippen LogP contribution in [-0.4, -0.2) is 23.8 Å². The third kappa shape index (κ3) is 3.92. The topological polar surface area (TPSA) is 68.3 Å². The molecule has 0 fully saturated rings. The highest BCUT2D eigenvalue weighted by Crippen LogP contribution is 2.30. The fourth-order valence-corrected chi connectivity index (χ4v) is 2.40. The van der Waals surface area contributed by atoms with Crippen LogP contribution in [0.5, 0.6) is 5.75 Å². The van der Waals surface area contributed by atoms with Crippen LogP contribution in [-0.2, 0) is 0 Å². The Kier molecular flexibility index (Phi) is 6.72. The summed E-state index contributed by atoms with van der Waals surface area (Å²) in [5.74, 6) is 0.161. The van der Waals surface area contributed by atoms with Crippen molar-refractivity contribution in [3.05, 3.63) is 39.8 Å². The molecular weight excluding hydrogens is 300 g/mol. The van der Waals surface area contributed by atoms with Crippen LogP contribution in [0.3, 0.4) is 0 Å². The molecule has 1 aromatic carbocycles. The van der Waals surface area contributed by atoms with Gasteiger partial charge in [0.25, 0.3) is 5.91 Å². The van der Waals surface area contributed by atoms with Gasteiger partial charge in [-0.3, -0.25) is 9.59 Å². The lowest BCUT2D eigenvalue weighted by atomic mass is 10.0. The standard InChI is InChI=1S/C14H14N2O3S.C2H6/c1-8-11(19-3)5-4-10(9(2)17)12(8)16-13(18)14-15-6-7-20-14;1-2/h4-7H,1-3H3,(H,16,18);1-2H3. The average molecular weight is 320 g/mol. The molecule has 0 spiro atoms. The number of ether oxygens (including phenoxy) is 1. The Bertz CT molecular complexity index is 652. The lowest BCUT2D eigenvalue weighted by molar-refractivity contribution is 0.101. The molecule has 22 heavy (non-hydrogen) atoms. The molecule has 0 radical (unpaired) electrons. The summed E-state index contributed by atoms with van der Waals surface area (Å²) in [6.07, 6.45) is 1.56. The first-order valence-corrected chi connectivity index (χ1v) is 7.82. The second kappa shape index (κ2) is 8.29. The van der Waals surface area contributed by atoms with Gasteiger partial charge in [0.05, 0.1) is 12.8 Å². The number of methoxy groups -OCH3 is 1. The monoisotopic (exact) mass is 320 g/mol. The second-order valence-electron chi connectivity index (χ2n) is 4.16. The normalized spacial score (nSPS) is 9.50. The quantitative estimate of drug-likeness (QED) is 0.866. The number of hydrogen-bond donors (Lipinski definition) is 1. The molecular formula is C16H20N2O3S. The van der Waals surface area contributed by atoms with E-state index in [9.17, 15) is 9.59 Å². The molecule has 0 aliphatic carbocycles. The lowest BCUT2D eigenvalue weighted by Crippen LogP contribution is -2.15. The van der Waals surface area contributed by atoms with Gasteiger partial charge < -0.3 is 10.1 Å². The van der Waals surface area contributed by atoms with Crippen LogP contribution in [0, 0.1) is 6.92 Å². The van der Waals surface area contributed by atoms with E-state index in [0.717, 1.165) is 0 Å². The Labute approximate surface area is 134 Å². The number of anilines is 1. The third-order valence-corrected chi connectivity index (χ3v) is 3.65. The number of nitrogens with zero attached hydrogens (tertiary/aromatic N) is 1. The van der Waals surface area contributed by atoms with Gasteiger partial charge in [0.1, 0.15) is 5.75 Å². The van der Waals surface area contributed by atoms with Crippen molar-refractivity contribution in [1.29, 1.82) is 0 Å². The number of benzene rings is 1. The van der Waals surface area contributed by atoms with Gasteiger partial charge in [0.2, 0.25) is 0 Å². The van der Waals surface area contributed by atoms with Crippen molar-refractivity contribution in [3.63, 3.8) is 0 Å². The van der Waals surface area contributed by atoms with E-state index in [1.807, 2.05) is 13.8 Å². The molecule has 0 aliphatic heterocycles. The smallest absolute Gasteiger partial charge is 0.284 e. The number of Topliss-reactive ketones (excluding diaryl/α,β-unsaturated/α-hetero) is 1. The number of carbonyl (C=O) groups is 2. The first-order chi connectivity index (χ1) is 10.5. The molecule has 1 N–H and O–H groups in total. The van der Waals surface area contributed by atoms with Crippen molar-refractivity contribution < 1.29 is 14.3 Å². The predicted octanol–water partition coefficient (Wildman–Crippen LogP) is 3.94. The molecule has 5 nitrogen and oxygen atoms in total. The van der Waals surface area contributed by atoms with Gasteiger partial charge in [-0.05, 0) is 26.0 Å². The molecule has 2 aromatic rings. The molecule has 0 aliphatic rings. The third-order valence-electron chi connectivity index (χ3n) is 2.88. The summed E-state index contributed by atoms with van der Waals surface area (Å²) in [5, 5.41) is 4.82. The zero-order valence-electron chi connectivity index (χ0n) is 13.4. The molecule has 2 rings (SSSR count). The summed E-state index contributed by atoms with van der Waals surface area (Å²) >= 11 is 1.24. The van der Waals surface area contributed by atoms with Gasteiger partial charge in [0, 0.05) is 22.7 Å². The number of aromatic nitrogens is 1. The van der Waals surface area contributed by atoms with Crippen LogP contribution in [0.25, 0.3) is 0 Å². The van der Waals surface area contributed by atoms with E-state index in [-0.39, 0.29) is 11.7 Å². The molecule has 0 saturated heterocycles. The van der Waals surface area contributed by atoms with E-state index < -0.39 is 0 Å². The van der Waals surface area contributed by atoms with Gasteiger partial charge in [-0.15, -0.1) is 11.3 Å². The first-order valence-electron chi connectivity index (χ1n) is 6.94. The Morgan fingerprint density at radius 1 is 1.27 bits per heavy atom. The van der Waals surface area contributed by atoms with Crippen molar-refractivity contribution in [3.8, 4) is 5.75 Å². The largest absolute Gasteiger partial charge is 0.496 e. The van der Waals surface area contributed by atoms with Crippen LogP contribution < -0.4 is 10.1 Å². The number of rotatable bonds is 4. The number of nitrogens with one attached hydrogen (secondary N) is 1. The predicted molar refractivity (Wildman–Crippen MR) is 89.2 cm³/mol. The van der Waals surface area contributed by atoms with Gasteiger partial charge in [-0.1, -0.05) is 13.8 Å². The van der Waals surface area contributed by atoms with Crippen molar-refractivity contribution in [1.82, 2.24) is 4.98 Å². The van der Waals surface area contributed by atoms with E-state index in [1.54, 1.807) is 37.7 Å². The van der Waals surface area contributed by atoms with Crippen molar-refractivity contribution in [2.75, 3.05) is 12.4 Å². The summed E-state index contributed by atoms with van der Waals surface area (Å²) in [7, 11) is 1.54. The molecule has 1 amide bonds. The van der Waals surface area contributed by atoms with E-state index in [4.69, 9.17) is 4.74 Å². The molecule has 1 aromatic heterocycles. The molecule has 6 heteroatoms. The van der Waals surface area contributed by atoms with E-state index in [1.165, 1.54) is 18.3 Å². The van der Waals surface area contributed by atoms with Crippen molar-refractivity contribution in [2.45, 2.75) is 27.7 Å². The summed E-state index contributed by atoms with van der Waals surface area (Å²) in [4.78, 5) is 27.7. The van der Waals surface area contributed by atoms with Crippen molar-refractivity contribution in [2.24, 2.45) is 0 Å². The number of amides is 1. The van der Waals surface area contributed by atoms with Crippen LogP contribution in [0.2, 0.25) is 0 Å². The van der Waals surface area contributed by atoms with Crippen LogP contribution in [0.15, 0.2) is 23.7 Å². The van der Waals surface area contributed by atoms with E-state index in [0.29, 0.717) is 27.6 Å². The summed E-state index contributed by atoms with van der Waals surface area (Å²) in [6.45, 7) is 7.25. The summed E-state index contributed by atoms with van der Waals surface area (Å²) in [5.41, 5.74) is 1.63. The van der Waals surface area contributed by atoms with Gasteiger partial charge in [-0.2, -0.15) is 0 Å². The van der Waals surface area contributed by atoms with Gasteiger partial charge in [0.15, 0.2) is 10.8 Å². The number of hydrogen-bond acceptors (Lipinski definition) is 5. The highest BCUT2D eigenvalue weighted by molar-refractivity contribution is 7.11. The molecule has 1 heterocycles. The van der Waals surface area contributed by atoms with Gasteiger partial charge in [-0.25, -0.2) is 4.98 Å². The number of ketones is 1. The zero-order valence-corrected chi connectivity index (χ0v) is 14.2. The summed E-state index contributed by atoms with van der Waals surface area (Å²) in [6, 6.07) is 3.36. The maximum atomic E-state index is 12.1. The Morgan fingerprint density at radius 2 is 1.95 bits per heavy atom.